The molecule has 1 heterocycles. The number of thiazole rings is 1. The Hall–Kier alpha value is -1.46. The molecule has 1 aromatic carbocycles. The molecule has 0 unspecified atom stereocenters. The number of para-hydroxylation sites is 1. The van der Waals surface area contributed by atoms with E-state index < -0.39 is 0 Å². The highest BCUT2D eigenvalue weighted by molar-refractivity contribution is 7.22. The van der Waals surface area contributed by atoms with Crippen LogP contribution in [-0.4, -0.2) is 17.4 Å². The second kappa shape index (κ2) is 3.96. The Morgan fingerprint density at radius 2 is 2.40 bits per heavy atom. The van der Waals surface area contributed by atoms with Crippen molar-refractivity contribution in [2.24, 2.45) is 5.73 Å². The Kier molecular flexibility index (Phi) is 2.66. The molecule has 0 fully saturated rings. The minimum absolute atomic E-state index is 0.0189. The maximum Gasteiger partial charge on any atom is 0.239 e. The first kappa shape index (κ1) is 10.1. The third kappa shape index (κ3) is 1.98. The minimum atomic E-state index is -0.216. The van der Waals surface area contributed by atoms with Crippen LogP contribution >= 0.6 is 11.3 Å². The predicted octanol–water partition coefficient (Wildman–Crippen LogP) is 1.50. The molecule has 3 N–H and O–H groups in total. The number of benzene rings is 1. The highest BCUT2D eigenvalue weighted by atomic mass is 32.1. The Balaban J connectivity index is 2.39. The SMILES string of the molecule is Cc1cccc2sc(NC(=O)CN)nc12. The lowest BCUT2D eigenvalue weighted by Crippen LogP contribution is -2.21. The van der Waals surface area contributed by atoms with Crippen LogP contribution in [0.1, 0.15) is 5.56 Å². The van der Waals surface area contributed by atoms with E-state index in [9.17, 15) is 4.79 Å². The number of aryl methyl sites for hydroxylation is 1. The Morgan fingerprint density at radius 3 is 3.07 bits per heavy atom. The van der Waals surface area contributed by atoms with Gasteiger partial charge in [-0.2, -0.15) is 0 Å². The first-order chi connectivity index (χ1) is 7.20. The van der Waals surface area contributed by atoms with E-state index in [0.29, 0.717) is 5.13 Å². The van der Waals surface area contributed by atoms with Crippen LogP contribution in [-0.2, 0) is 4.79 Å². The van der Waals surface area contributed by atoms with Crippen molar-refractivity contribution in [3.05, 3.63) is 23.8 Å². The summed E-state index contributed by atoms with van der Waals surface area (Å²) < 4.78 is 1.07. The van der Waals surface area contributed by atoms with Crippen molar-refractivity contribution in [3.63, 3.8) is 0 Å². The molecule has 5 heteroatoms. The van der Waals surface area contributed by atoms with Crippen LogP contribution in [0, 0.1) is 6.92 Å². The number of hydrogen-bond acceptors (Lipinski definition) is 4. The molecule has 0 saturated heterocycles. The average Bonchev–Trinajstić information content (AvgIpc) is 2.62. The summed E-state index contributed by atoms with van der Waals surface area (Å²) in [6.07, 6.45) is 0. The number of carbonyl (C=O) groups is 1. The van der Waals surface area contributed by atoms with Crippen molar-refractivity contribution in [1.82, 2.24) is 4.98 Å². The van der Waals surface area contributed by atoms with Gasteiger partial charge in [0, 0.05) is 0 Å². The van der Waals surface area contributed by atoms with Crippen LogP contribution in [0.3, 0.4) is 0 Å². The first-order valence-electron chi connectivity index (χ1n) is 4.57. The zero-order chi connectivity index (χ0) is 10.8. The summed E-state index contributed by atoms with van der Waals surface area (Å²) in [7, 11) is 0. The number of aromatic nitrogens is 1. The van der Waals surface area contributed by atoms with Crippen LogP contribution < -0.4 is 11.1 Å². The molecule has 0 atom stereocenters. The van der Waals surface area contributed by atoms with Crippen LogP contribution in [0.4, 0.5) is 5.13 Å². The normalized spacial score (nSPS) is 10.5. The number of nitrogens with one attached hydrogen (secondary N) is 1. The second-order valence-corrected chi connectivity index (χ2v) is 4.22. The van der Waals surface area contributed by atoms with E-state index in [4.69, 9.17) is 5.73 Å². The molecule has 15 heavy (non-hydrogen) atoms. The Morgan fingerprint density at radius 1 is 1.60 bits per heavy atom. The Labute approximate surface area is 91.1 Å². The summed E-state index contributed by atoms with van der Waals surface area (Å²) >= 11 is 1.46. The van der Waals surface area contributed by atoms with Crippen molar-refractivity contribution in [2.75, 3.05) is 11.9 Å². The molecule has 0 bridgehead atoms. The third-order valence-electron chi connectivity index (χ3n) is 2.05. The lowest BCUT2D eigenvalue weighted by Gasteiger charge is -1.95. The molecule has 2 rings (SSSR count). The van der Waals surface area contributed by atoms with E-state index in [-0.39, 0.29) is 12.5 Å². The molecule has 0 aliphatic carbocycles. The highest BCUT2D eigenvalue weighted by Gasteiger charge is 2.07. The summed E-state index contributed by atoms with van der Waals surface area (Å²) in [5, 5.41) is 3.26. The standard InChI is InChI=1S/C10H11N3OS/c1-6-3-2-4-7-9(6)13-10(15-7)12-8(14)5-11/h2-4H,5,11H2,1H3,(H,12,13,14). The van der Waals surface area contributed by atoms with Crippen LogP contribution in [0.2, 0.25) is 0 Å². The fourth-order valence-corrected chi connectivity index (χ4v) is 2.27. The molecule has 1 aromatic heterocycles. The third-order valence-corrected chi connectivity index (χ3v) is 2.99. The average molecular weight is 221 g/mol. The number of carbonyl (C=O) groups excluding carboxylic acids is 1. The Bertz CT molecular complexity index is 506. The number of anilines is 1. The van der Waals surface area contributed by atoms with Crippen molar-refractivity contribution in [1.29, 1.82) is 0 Å². The van der Waals surface area contributed by atoms with Crippen molar-refractivity contribution in [2.45, 2.75) is 6.92 Å². The number of nitrogens with zero attached hydrogens (tertiary/aromatic N) is 1. The monoisotopic (exact) mass is 221 g/mol. The molecule has 0 saturated carbocycles. The van der Waals surface area contributed by atoms with Gasteiger partial charge in [0.1, 0.15) is 0 Å². The fraction of sp³-hybridized carbons (Fsp3) is 0.200. The molecule has 0 spiro atoms. The van der Waals surface area contributed by atoms with Crippen molar-refractivity contribution < 1.29 is 4.79 Å². The van der Waals surface area contributed by atoms with E-state index in [1.807, 2.05) is 25.1 Å². The molecule has 4 nitrogen and oxygen atoms in total. The smallest absolute Gasteiger partial charge is 0.239 e. The number of nitrogens with two attached hydrogens (primary N) is 1. The minimum Gasteiger partial charge on any atom is -0.322 e. The molecule has 0 aliphatic heterocycles. The molecule has 1 amide bonds. The van der Waals surface area contributed by atoms with Gasteiger partial charge in [-0.15, -0.1) is 0 Å². The van der Waals surface area contributed by atoms with E-state index in [2.05, 4.69) is 10.3 Å². The van der Waals surface area contributed by atoms with Gasteiger partial charge in [-0.3, -0.25) is 4.79 Å². The largest absolute Gasteiger partial charge is 0.322 e. The topological polar surface area (TPSA) is 68.0 Å². The van der Waals surface area contributed by atoms with E-state index in [1.165, 1.54) is 11.3 Å². The summed E-state index contributed by atoms with van der Waals surface area (Å²) in [6, 6.07) is 5.96. The van der Waals surface area contributed by atoms with Gasteiger partial charge >= 0.3 is 0 Å². The number of fused-ring (bicyclic) bond motifs is 1. The van der Waals surface area contributed by atoms with Gasteiger partial charge < -0.3 is 11.1 Å². The molecular formula is C10H11N3OS. The molecule has 0 aliphatic rings. The van der Waals surface area contributed by atoms with Gasteiger partial charge in [-0.1, -0.05) is 23.5 Å². The maximum absolute atomic E-state index is 11.1. The fourth-order valence-electron chi connectivity index (χ4n) is 1.31. The lowest BCUT2D eigenvalue weighted by molar-refractivity contribution is -0.114. The summed E-state index contributed by atoms with van der Waals surface area (Å²) in [5.74, 6) is -0.216. The van der Waals surface area contributed by atoms with E-state index >= 15 is 0 Å². The van der Waals surface area contributed by atoms with Crippen LogP contribution in [0.15, 0.2) is 18.2 Å². The van der Waals surface area contributed by atoms with Crippen LogP contribution in [0.25, 0.3) is 10.2 Å². The van der Waals surface area contributed by atoms with E-state index in [1.54, 1.807) is 0 Å². The van der Waals surface area contributed by atoms with E-state index in [0.717, 1.165) is 15.8 Å². The van der Waals surface area contributed by atoms with Gasteiger partial charge in [0.2, 0.25) is 5.91 Å². The lowest BCUT2D eigenvalue weighted by atomic mass is 10.2. The number of rotatable bonds is 2. The quantitative estimate of drug-likeness (QED) is 0.807. The molecule has 78 valence electrons. The summed E-state index contributed by atoms with van der Waals surface area (Å²) in [5.41, 5.74) is 7.26. The molecule has 0 radical (unpaired) electrons. The predicted molar refractivity (Wildman–Crippen MR) is 62.0 cm³/mol. The summed E-state index contributed by atoms with van der Waals surface area (Å²) in [6.45, 7) is 1.98. The number of amides is 1. The maximum atomic E-state index is 11.1. The van der Waals surface area contributed by atoms with Gasteiger partial charge in [-0.25, -0.2) is 4.98 Å². The second-order valence-electron chi connectivity index (χ2n) is 3.19. The molecular weight excluding hydrogens is 210 g/mol. The van der Waals surface area contributed by atoms with Gasteiger partial charge in [0.25, 0.3) is 0 Å². The molecule has 2 aromatic rings. The number of hydrogen-bond donors (Lipinski definition) is 2. The van der Waals surface area contributed by atoms with Crippen LogP contribution in [0.5, 0.6) is 0 Å². The van der Waals surface area contributed by atoms with Gasteiger partial charge in [0.15, 0.2) is 5.13 Å². The zero-order valence-corrected chi connectivity index (χ0v) is 9.10. The zero-order valence-electron chi connectivity index (χ0n) is 8.28. The summed E-state index contributed by atoms with van der Waals surface area (Å²) in [4.78, 5) is 15.4. The van der Waals surface area contributed by atoms with Gasteiger partial charge in [0.05, 0.1) is 16.8 Å². The highest BCUT2D eigenvalue weighted by Crippen LogP contribution is 2.27. The van der Waals surface area contributed by atoms with Crippen molar-refractivity contribution >= 4 is 32.6 Å². The van der Waals surface area contributed by atoms with Crippen molar-refractivity contribution in [3.8, 4) is 0 Å². The first-order valence-corrected chi connectivity index (χ1v) is 5.38. The van der Waals surface area contributed by atoms with Gasteiger partial charge in [-0.05, 0) is 18.6 Å².